The van der Waals surface area contributed by atoms with Crippen molar-refractivity contribution in [3.63, 3.8) is 0 Å². The lowest BCUT2D eigenvalue weighted by Crippen LogP contribution is -2.27. The summed E-state index contributed by atoms with van der Waals surface area (Å²) in [4.78, 5) is 13.2. The molecule has 0 aliphatic carbocycles. The first-order valence-corrected chi connectivity index (χ1v) is 9.85. The third kappa shape index (κ3) is 3.54. The maximum Gasteiger partial charge on any atom is 0.260 e. The molecule has 2 aromatic carbocycles. The number of benzene rings is 2. The summed E-state index contributed by atoms with van der Waals surface area (Å²) in [5.74, 6) is 0.343. The Bertz CT molecular complexity index is 1280. The van der Waals surface area contributed by atoms with E-state index in [9.17, 15) is 4.79 Å². The fourth-order valence-electron chi connectivity index (χ4n) is 2.86. The fourth-order valence-corrected chi connectivity index (χ4v) is 4.04. The van der Waals surface area contributed by atoms with Crippen molar-refractivity contribution in [3.05, 3.63) is 63.7 Å². The molecule has 7 nitrogen and oxygen atoms in total. The molecule has 0 aliphatic heterocycles. The first kappa shape index (κ1) is 18.3. The van der Waals surface area contributed by atoms with Crippen molar-refractivity contribution < 1.29 is 4.79 Å². The molecule has 2 heterocycles. The molecule has 4 aromatic rings. The molecular formula is C19H18N6OS2. The van der Waals surface area contributed by atoms with E-state index < -0.39 is 0 Å². The molecule has 2 aromatic heterocycles. The maximum absolute atomic E-state index is 12.5. The number of hydrogen-bond acceptors (Lipinski definition) is 5. The predicted octanol–water partition coefficient (Wildman–Crippen LogP) is 3.10. The number of hydrogen-bond donors (Lipinski definition) is 2. The molecule has 0 fully saturated rings. The molecular weight excluding hydrogens is 392 g/mol. The minimum Gasteiger partial charge on any atom is -0.318 e. The number of fused-ring (bicyclic) bond motifs is 1. The van der Waals surface area contributed by atoms with E-state index in [2.05, 4.69) is 20.7 Å². The third-order valence-corrected chi connectivity index (χ3v) is 5.79. The van der Waals surface area contributed by atoms with Crippen molar-refractivity contribution in [2.45, 2.75) is 13.5 Å². The number of carbonyl (C=O) groups is 1. The van der Waals surface area contributed by atoms with Crippen LogP contribution in [0.1, 0.15) is 5.56 Å². The molecule has 0 atom stereocenters. The summed E-state index contributed by atoms with van der Waals surface area (Å²) in [6.45, 7) is 2.04. The molecule has 0 saturated heterocycles. The van der Waals surface area contributed by atoms with Crippen molar-refractivity contribution in [1.82, 2.24) is 24.8 Å². The van der Waals surface area contributed by atoms with Crippen LogP contribution in [0.15, 0.2) is 53.6 Å². The van der Waals surface area contributed by atoms with Gasteiger partial charge < -0.3 is 4.57 Å². The van der Waals surface area contributed by atoms with Crippen LogP contribution in [-0.4, -0.2) is 25.2 Å². The lowest BCUT2D eigenvalue weighted by molar-refractivity contribution is -0.121. The Hall–Kier alpha value is -3.04. The van der Waals surface area contributed by atoms with Gasteiger partial charge in [-0.3, -0.25) is 14.5 Å². The smallest absolute Gasteiger partial charge is 0.260 e. The summed E-state index contributed by atoms with van der Waals surface area (Å²) < 4.78 is 5.10. The van der Waals surface area contributed by atoms with Gasteiger partial charge in [0.25, 0.3) is 5.91 Å². The minimum atomic E-state index is -0.275. The molecule has 0 aliphatic rings. The van der Waals surface area contributed by atoms with Crippen molar-refractivity contribution in [1.29, 1.82) is 0 Å². The Balaban J connectivity index is 1.57. The van der Waals surface area contributed by atoms with Gasteiger partial charge in [0.15, 0.2) is 10.6 Å². The molecule has 2 N–H and O–H groups in total. The Morgan fingerprint density at radius 3 is 2.75 bits per heavy atom. The highest BCUT2D eigenvalue weighted by atomic mass is 32.1. The molecule has 28 heavy (non-hydrogen) atoms. The number of aromatic nitrogens is 4. The van der Waals surface area contributed by atoms with E-state index >= 15 is 0 Å². The second-order valence-corrected chi connectivity index (χ2v) is 7.76. The quantitative estimate of drug-likeness (QED) is 0.401. The number of aryl methyl sites for hydroxylation is 2. The van der Waals surface area contributed by atoms with Gasteiger partial charge in [-0.2, -0.15) is 5.10 Å². The summed E-state index contributed by atoms with van der Waals surface area (Å²) in [6.07, 6.45) is 0. The number of thiazole rings is 1. The lowest BCUT2D eigenvalue weighted by atomic mass is 10.1. The van der Waals surface area contributed by atoms with Gasteiger partial charge in [0.1, 0.15) is 6.54 Å². The predicted molar refractivity (Wildman–Crippen MR) is 112 cm³/mol. The number of nitrogens with one attached hydrogen (secondary N) is 2. The van der Waals surface area contributed by atoms with E-state index in [-0.39, 0.29) is 12.5 Å². The average Bonchev–Trinajstić information content (AvgIpc) is 3.21. The highest BCUT2D eigenvalue weighted by Crippen LogP contribution is 2.18. The standard InChI is InChI=1S/C19H18N6OS2/c1-12-7-9-13(10-8-12)17-21-22-18(27)25(17)11-16(26)20-23-19-24(2)14-5-3-4-6-15(14)28-19/h3-10H,11H2,1-2H3,(H,20,26)(H,22,27)/b23-19-. The van der Waals surface area contributed by atoms with Crippen LogP contribution in [-0.2, 0) is 18.4 Å². The molecule has 9 heteroatoms. The zero-order chi connectivity index (χ0) is 19.7. The molecule has 1 amide bonds. The Morgan fingerprint density at radius 2 is 2.00 bits per heavy atom. The number of H-pyrrole nitrogens is 1. The van der Waals surface area contributed by atoms with Crippen LogP contribution >= 0.6 is 23.6 Å². The molecule has 0 saturated carbocycles. The number of nitrogens with zero attached hydrogens (tertiary/aromatic N) is 4. The number of para-hydroxylation sites is 1. The summed E-state index contributed by atoms with van der Waals surface area (Å²) in [7, 11) is 1.92. The zero-order valence-electron chi connectivity index (χ0n) is 15.3. The average molecular weight is 411 g/mol. The van der Waals surface area contributed by atoms with E-state index in [1.165, 1.54) is 11.3 Å². The van der Waals surface area contributed by atoms with E-state index in [4.69, 9.17) is 12.2 Å². The van der Waals surface area contributed by atoms with Gasteiger partial charge in [-0.05, 0) is 31.3 Å². The summed E-state index contributed by atoms with van der Waals surface area (Å²) in [5.41, 5.74) is 5.73. The normalized spacial score (nSPS) is 11.9. The third-order valence-electron chi connectivity index (χ3n) is 4.36. The van der Waals surface area contributed by atoms with Gasteiger partial charge in [-0.1, -0.05) is 53.3 Å². The van der Waals surface area contributed by atoms with Gasteiger partial charge in [0, 0.05) is 12.6 Å². The SMILES string of the molecule is Cc1ccc(-c2n[nH]c(=S)n2CC(=O)N/N=c2\sc3ccccc3n2C)cc1. The number of carbonyl (C=O) groups excluding carboxylic acids is 1. The number of aromatic amines is 1. The molecule has 0 spiro atoms. The van der Waals surface area contributed by atoms with E-state index in [0.29, 0.717) is 15.4 Å². The monoisotopic (exact) mass is 410 g/mol. The Kier molecular flexibility index (Phi) is 4.93. The summed E-state index contributed by atoms with van der Waals surface area (Å²) >= 11 is 6.81. The first-order valence-electron chi connectivity index (χ1n) is 8.62. The highest BCUT2D eigenvalue weighted by Gasteiger charge is 2.12. The van der Waals surface area contributed by atoms with Gasteiger partial charge in [-0.15, -0.1) is 5.10 Å². The van der Waals surface area contributed by atoms with Gasteiger partial charge in [0.2, 0.25) is 4.80 Å². The Morgan fingerprint density at radius 1 is 1.25 bits per heavy atom. The van der Waals surface area contributed by atoms with Crippen molar-refractivity contribution in [3.8, 4) is 11.4 Å². The van der Waals surface area contributed by atoms with E-state index in [1.807, 2.05) is 67.1 Å². The fraction of sp³-hybridized carbons (Fsp3) is 0.158. The number of rotatable bonds is 4. The number of amides is 1. The largest absolute Gasteiger partial charge is 0.318 e. The van der Waals surface area contributed by atoms with Crippen LogP contribution in [0.25, 0.3) is 21.6 Å². The van der Waals surface area contributed by atoms with Crippen LogP contribution in [0.3, 0.4) is 0 Å². The van der Waals surface area contributed by atoms with Crippen molar-refractivity contribution >= 4 is 39.7 Å². The van der Waals surface area contributed by atoms with E-state index in [0.717, 1.165) is 21.3 Å². The molecule has 0 unspecified atom stereocenters. The van der Waals surface area contributed by atoms with Crippen LogP contribution in [0, 0.1) is 11.7 Å². The van der Waals surface area contributed by atoms with Crippen LogP contribution in [0.4, 0.5) is 0 Å². The molecule has 4 rings (SSSR count). The van der Waals surface area contributed by atoms with Crippen LogP contribution in [0.2, 0.25) is 0 Å². The first-order chi connectivity index (χ1) is 13.5. The van der Waals surface area contributed by atoms with Gasteiger partial charge >= 0.3 is 0 Å². The highest BCUT2D eigenvalue weighted by molar-refractivity contribution is 7.71. The van der Waals surface area contributed by atoms with Gasteiger partial charge in [-0.25, -0.2) is 5.43 Å². The zero-order valence-corrected chi connectivity index (χ0v) is 17.0. The molecule has 0 bridgehead atoms. The summed E-state index contributed by atoms with van der Waals surface area (Å²) in [6, 6.07) is 15.9. The van der Waals surface area contributed by atoms with E-state index in [1.54, 1.807) is 4.57 Å². The van der Waals surface area contributed by atoms with Gasteiger partial charge in [0.05, 0.1) is 10.2 Å². The molecule has 0 radical (unpaired) electrons. The Labute approximate surface area is 170 Å². The summed E-state index contributed by atoms with van der Waals surface area (Å²) in [5, 5.41) is 11.3. The second-order valence-electron chi connectivity index (χ2n) is 6.36. The van der Waals surface area contributed by atoms with Crippen molar-refractivity contribution in [2.75, 3.05) is 0 Å². The second kappa shape index (κ2) is 7.53. The lowest BCUT2D eigenvalue weighted by Gasteiger charge is -2.06. The minimum absolute atomic E-state index is 0.0245. The topological polar surface area (TPSA) is 80.0 Å². The van der Waals surface area contributed by atoms with Crippen LogP contribution in [0.5, 0.6) is 0 Å². The van der Waals surface area contributed by atoms with Crippen LogP contribution < -0.4 is 10.2 Å². The van der Waals surface area contributed by atoms with Crippen molar-refractivity contribution in [2.24, 2.45) is 12.1 Å². The molecule has 142 valence electrons. The maximum atomic E-state index is 12.5.